The molecule has 4 rings (SSSR count). The van der Waals surface area contributed by atoms with Gasteiger partial charge >= 0.3 is 0 Å². The van der Waals surface area contributed by atoms with E-state index in [1.165, 1.54) is 21.8 Å². The molecule has 1 saturated heterocycles. The maximum Gasteiger partial charge on any atom is 0.261 e. The minimum Gasteiger partial charge on any atom is -0.347 e. The van der Waals surface area contributed by atoms with Crippen LogP contribution in [0.3, 0.4) is 0 Å². The molecule has 1 N–H and O–H groups in total. The van der Waals surface area contributed by atoms with Crippen LogP contribution in [0.15, 0.2) is 65.4 Å². The molecule has 1 amide bonds. The molecule has 1 fully saturated rings. The molecule has 2 atom stereocenters. The molecule has 1 aliphatic heterocycles. The van der Waals surface area contributed by atoms with Crippen molar-refractivity contribution in [1.82, 2.24) is 15.1 Å². The van der Waals surface area contributed by atoms with E-state index in [0.29, 0.717) is 0 Å². The highest BCUT2D eigenvalue weighted by Crippen LogP contribution is 2.30. The number of piperazine rings is 1. The van der Waals surface area contributed by atoms with Crippen LogP contribution in [-0.4, -0.2) is 47.9 Å². The van der Waals surface area contributed by atoms with Crippen LogP contribution < -0.4 is 5.32 Å². The fourth-order valence-electron chi connectivity index (χ4n) is 4.01. The zero-order valence-electron chi connectivity index (χ0n) is 16.7. The molecule has 0 radical (unpaired) electrons. The highest BCUT2D eigenvalue weighted by atomic mass is 32.1. The Morgan fingerprint density at radius 2 is 1.69 bits per heavy atom. The molecule has 1 aliphatic rings. The van der Waals surface area contributed by atoms with Crippen molar-refractivity contribution in [2.24, 2.45) is 0 Å². The average Bonchev–Trinajstić information content (AvgIpc) is 3.45. The van der Waals surface area contributed by atoms with Gasteiger partial charge in [0.05, 0.1) is 10.9 Å². The number of thiophene rings is 2. The second kappa shape index (κ2) is 9.67. The predicted octanol–water partition coefficient (Wildman–Crippen LogP) is 4.49. The monoisotopic (exact) mass is 425 g/mol. The van der Waals surface area contributed by atoms with Gasteiger partial charge < -0.3 is 5.32 Å². The normalized spacial score (nSPS) is 17.7. The minimum absolute atomic E-state index is 0.0248. The third-order valence-corrected chi connectivity index (χ3v) is 7.27. The molecule has 0 unspecified atom stereocenters. The van der Waals surface area contributed by atoms with Crippen LogP contribution in [0.25, 0.3) is 0 Å². The summed E-state index contributed by atoms with van der Waals surface area (Å²) in [5.41, 5.74) is 1.37. The van der Waals surface area contributed by atoms with Crippen LogP contribution in [0.5, 0.6) is 0 Å². The molecule has 0 saturated carbocycles. The van der Waals surface area contributed by atoms with Gasteiger partial charge in [-0.1, -0.05) is 42.5 Å². The molecule has 4 nitrogen and oxygen atoms in total. The van der Waals surface area contributed by atoms with Crippen molar-refractivity contribution in [2.45, 2.75) is 25.6 Å². The molecule has 1 aromatic carbocycles. The van der Waals surface area contributed by atoms with E-state index in [1.807, 2.05) is 17.5 Å². The molecule has 0 spiro atoms. The summed E-state index contributed by atoms with van der Waals surface area (Å²) in [5.74, 6) is 0.0248. The summed E-state index contributed by atoms with van der Waals surface area (Å²) in [6.07, 6.45) is 0. The van der Waals surface area contributed by atoms with Crippen molar-refractivity contribution in [3.8, 4) is 0 Å². The van der Waals surface area contributed by atoms with Crippen LogP contribution in [0.1, 0.15) is 33.1 Å². The van der Waals surface area contributed by atoms with Gasteiger partial charge in [0.15, 0.2) is 0 Å². The maximum absolute atomic E-state index is 12.6. The third kappa shape index (κ3) is 5.14. The summed E-state index contributed by atoms with van der Waals surface area (Å²) in [6.45, 7) is 7.24. The number of hydrogen-bond acceptors (Lipinski definition) is 5. The molecule has 6 heteroatoms. The van der Waals surface area contributed by atoms with E-state index in [1.54, 1.807) is 11.3 Å². The van der Waals surface area contributed by atoms with E-state index in [-0.39, 0.29) is 18.0 Å². The van der Waals surface area contributed by atoms with E-state index in [0.717, 1.165) is 37.6 Å². The number of carbonyl (C=O) groups excluding carboxylic acids is 1. The fraction of sp³-hybridized carbons (Fsp3) is 0.348. The summed E-state index contributed by atoms with van der Waals surface area (Å²) in [6, 6.07) is 19.0. The summed E-state index contributed by atoms with van der Waals surface area (Å²) < 4.78 is 0. The number of rotatable bonds is 7. The highest BCUT2D eigenvalue weighted by Gasteiger charge is 2.31. The summed E-state index contributed by atoms with van der Waals surface area (Å²) in [7, 11) is 0. The fourth-order valence-corrected chi connectivity index (χ4v) is 5.60. The zero-order chi connectivity index (χ0) is 20.1. The maximum atomic E-state index is 12.6. The predicted molar refractivity (Wildman–Crippen MR) is 122 cm³/mol. The number of nitrogens with zero attached hydrogens (tertiary/aromatic N) is 2. The van der Waals surface area contributed by atoms with Gasteiger partial charge in [-0.2, -0.15) is 0 Å². The highest BCUT2D eigenvalue weighted by molar-refractivity contribution is 7.12. The lowest BCUT2D eigenvalue weighted by molar-refractivity contribution is 0.0716. The largest absolute Gasteiger partial charge is 0.347 e. The topological polar surface area (TPSA) is 35.6 Å². The van der Waals surface area contributed by atoms with Crippen molar-refractivity contribution in [1.29, 1.82) is 0 Å². The molecule has 2 aromatic heterocycles. The van der Waals surface area contributed by atoms with E-state index >= 15 is 0 Å². The standard InChI is InChI=1S/C23H27N3OS2/c1-18(24-23(27)21-10-6-16-29-21)22(20-9-5-15-28-20)26-13-11-25(12-14-26)17-19-7-3-2-4-8-19/h2-10,15-16,18,22H,11-14,17H2,1H3,(H,24,27)/t18-,22-/m0/s1. The minimum atomic E-state index is 0.0248. The smallest absolute Gasteiger partial charge is 0.261 e. The lowest BCUT2D eigenvalue weighted by atomic mass is 10.0. The molecule has 0 bridgehead atoms. The first-order valence-electron chi connectivity index (χ1n) is 10.1. The molecular weight excluding hydrogens is 398 g/mol. The van der Waals surface area contributed by atoms with Crippen LogP contribution in [-0.2, 0) is 6.54 Å². The van der Waals surface area contributed by atoms with Gasteiger partial charge in [0.1, 0.15) is 0 Å². The lowest BCUT2D eigenvalue weighted by Crippen LogP contribution is -2.52. The summed E-state index contributed by atoms with van der Waals surface area (Å²) in [4.78, 5) is 19.8. The van der Waals surface area contributed by atoms with Gasteiger partial charge in [0.2, 0.25) is 0 Å². The quantitative estimate of drug-likeness (QED) is 0.606. The second-order valence-corrected chi connectivity index (χ2v) is 9.42. The Balaban J connectivity index is 1.41. The van der Waals surface area contributed by atoms with E-state index < -0.39 is 0 Å². The van der Waals surface area contributed by atoms with Gasteiger partial charge in [-0.15, -0.1) is 22.7 Å². The van der Waals surface area contributed by atoms with Crippen LogP contribution in [0.4, 0.5) is 0 Å². The second-order valence-electron chi connectivity index (χ2n) is 7.50. The van der Waals surface area contributed by atoms with Crippen molar-refractivity contribution < 1.29 is 4.79 Å². The van der Waals surface area contributed by atoms with Crippen LogP contribution >= 0.6 is 22.7 Å². The Hall–Kier alpha value is -1.99. The molecule has 3 aromatic rings. The average molecular weight is 426 g/mol. The number of carbonyl (C=O) groups is 1. The molecule has 152 valence electrons. The Morgan fingerprint density at radius 3 is 2.34 bits per heavy atom. The van der Waals surface area contributed by atoms with Crippen molar-refractivity contribution >= 4 is 28.6 Å². The van der Waals surface area contributed by atoms with E-state index in [2.05, 4.69) is 69.9 Å². The first kappa shape index (κ1) is 20.3. The molecule has 29 heavy (non-hydrogen) atoms. The Kier molecular flexibility index (Phi) is 6.77. The van der Waals surface area contributed by atoms with Crippen molar-refractivity contribution in [2.75, 3.05) is 26.2 Å². The summed E-state index contributed by atoms with van der Waals surface area (Å²) in [5, 5.41) is 7.32. The van der Waals surface area contributed by atoms with Gasteiger partial charge in [-0.3, -0.25) is 14.6 Å². The van der Waals surface area contributed by atoms with Crippen molar-refractivity contribution in [3.63, 3.8) is 0 Å². The number of nitrogens with one attached hydrogen (secondary N) is 1. The van der Waals surface area contributed by atoms with Crippen LogP contribution in [0, 0.1) is 0 Å². The summed E-state index contributed by atoms with van der Waals surface area (Å²) >= 11 is 3.27. The first-order valence-corrected chi connectivity index (χ1v) is 11.8. The number of hydrogen-bond donors (Lipinski definition) is 1. The first-order chi connectivity index (χ1) is 14.2. The van der Waals surface area contributed by atoms with Gasteiger partial charge in [0, 0.05) is 43.6 Å². The third-order valence-electron chi connectivity index (χ3n) is 5.46. The van der Waals surface area contributed by atoms with Gasteiger partial charge in [0.25, 0.3) is 5.91 Å². The number of amides is 1. The molecule has 0 aliphatic carbocycles. The Bertz CT molecular complexity index is 872. The Labute approximate surface area is 180 Å². The number of benzene rings is 1. The van der Waals surface area contributed by atoms with Gasteiger partial charge in [-0.05, 0) is 35.4 Å². The van der Waals surface area contributed by atoms with Crippen molar-refractivity contribution in [3.05, 3.63) is 80.7 Å². The lowest BCUT2D eigenvalue weighted by Gasteiger charge is -2.41. The van der Waals surface area contributed by atoms with Crippen LogP contribution in [0.2, 0.25) is 0 Å². The van der Waals surface area contributed by atoms with Gasteiger partial charge in [-0.25, -0.2) is 0 Å². The molecule has 3 heterocycles. The SMILES string of the molecule is C[C@H](NC(=O)c1cccs1)[C@@H](c1cccs1)N1CCN(Cc2ccccc2)CC1. The Morgan fingerprint density at radius 1 is 0.966 bits per heavy atom. The zero-order valence-corrected chi connectivity index (χ0v) is 18.3. The molecular formula is C23H27N3OS2. The van der Waals surface area contributed by atoms with E-state index in [4.69, 9.17) is 0 Å². The van der Waals surface area contributed by atoms with E-state index in [9.17, 15) is 4.79 Å².